The van der Waals surface area contributed by atoms with Crippen LogP contribution in [0.15, 0.2) is 0 Å². The van der Waals surface area contributed by atoms with E-state index in [1.165, 1.54) is 25.7 Å². The lowest BCUT2D eigenvalue weighted by molar-refractivity contribution is -0.139. The normalized spacial score (nSPS) is 16.6. The maximum Gasteiger partial charge on any atom is 0.326 e. The molecule has 0 heterocycles. The van der Waals surface area contributed by atoms with Gasteiger partial charge >= 0.3 is 12.0 Å². The summed E-state index contributed by atoms with van der Waals surface area (Å²) in [4.78, 5) is 33.1. The number of hydrogen-bond acceptors (Lipinski definition) is 3. The standard InChI is InChI=1S/C13H23N3O4/c14-11(17)6-5-10(12(18)19)16-13(20)15-8-7-9-3-1-2-4-9/h9-10H,1-8H2,(H2,14,17)(H,18,19)(H2,15,16,20)/t10-/m1/s1. The molecule has 0 bridgehead atoms. The van der Waals surface area contributed by atoms with Crippen LogP contribution < -0.4 is 16.4 Å². The van der Waals surface area contributed by atoms with Gasteiger partial charge in [-0.3, -0.25) is 4.79 Å². The number of amides is 3. The molecular weight excluding hydrogens is 262 g/mol. The van der Waals surface area contributed by atoms with Crippen LogP contribution in [0.25, 0.3) is 0 Å². The van der Waals surface area contributed by atoms with Gasteiger partial charge in [-0.1, -0.05) is 25.7 Å². The van der Waals surface area contributed by atoms with Crippen molar-refractivity contribution in [3.05, 3.63) is 0 Å². The minimum atomic E-state index is -1.17. The van der Waals surface area contributed by atoms with Gasteiger partial charge in [-0.05, 0) is 18.8 Å². The molecule has 5 N–H and O–H groups in total. The SMILES string of the molecule is NC(=O)CC[C@@H](NC(=O)NCCC1CCCC1)C(=O)O. The van der Waals surface area contributed by atoms with E-state index in [9.17, 15) is 14.4 Å². The molecule has 1 aliphatic rings. The van der Waals surface area contributed by atoms with Gasteiger partial charge in [0.1, 0.15) is 6.04 Å². The molecule has 1 saturated carbocycles. The molecule has 0 spiro atoms. The average Bonchev–Trinajstić information content (AvgIpc) is 2.87. The zero-order valence-corrected chi connectivity index (χ0v) is 11.6. The third-order valence-electron chi connectivity index (χ3n) is 3.60. The number of hydrogen-bond donors (Lipinski definition) is 4. The zero-order chi connectivity index (χ0) is 15.0. The summed E-state index contributed by atoms with van der Waals surface area (Å²) < 4.78 is 0. The Morgan fingerprint density at radius 3 is 2.45 bits per heavy atom. The first-order valence-corrected chi connectivity index (χ1v) is 7.04. The summed E-state index contributed by atoms with van der Waals surface area (Å²) in [5.41, 5.74) is 4.96. The Kier molecular flexibility index (Phi) is 6.83. The lowest BCUT2D eigenvalue weighted by atomic mass is 10.0. The summed E-state index contributed by atoms with van der Waals surface area (Å²) >= 11 is 0. The molecular formula is C13H23N3O4. The number of primary amides is 1. The highest BCUT2D eigenvalue weighted by molar-refractivity contribution is 5.83. The van der Waals surface area contributed by atoms with Crippen LogP contribution in [0.4, 0.5) is 4.79 Å². The number of nitrogens with one attached hydrogen (secondary N) is 2. The van der Waals surface area contributed by atoms with E-state index in [0.717, 1.165) is 6.42 Å². The predicted octanol–water partition coefficient (Wildman–Crippen LogP) is 0.585. The van der Waals surface area contributed by atoms with E-state index >= 15 is 0 Å². The van der Waals surface area contributed by atoms with E-state index in [1.807, 2.05) is 0 Å². The summed E-state index contributed by atoms with van der Waals surface area (Å²) in [7, 11) is 0. The van der Waals surface area contributed by atoms with E-state index in [4.69, 9.17) is 10.8 Å². The van der Waals surface area contributed by atoms with Crippen molar-refractivity contribution in [3.63, 3.8) is 0 Å². The van der Waals surface area contributed by atoms with Crippen LogP contribution >= 0.6 is 0 Å². The van der Waals surface area contributed by atoms with E-state index in [0.29, 0.717) is 12.5 Å². The molecule has 0 aromatic heterocycles. The van der Waals surface area contributed by atoms with E-state index < -0.39 is 23.9 Å². The van der Waals surface area contributed by atoms with Gasteiger partial charge in [0.15, 0.2) is 0 Å². The smallest absolute Gasteiger partial charge is 0.326 e. The van der Waals surface area contributed by atoms with Gasteiger partial charge < -0.3 is 21.5 Å². The summed E-state index contributed by atoms with van der Waals surface area (Å²) in [5.74, 6) is -1.09. The summed E-state index contributed by atoms with van der Waals surface area (Å²) in [5, 5.41) is 13.9. The summed E-state index contributed by atoms with van der Waals surface area (Å²) in [6, 6.07) is -1.60. The first-order chi connectivity index (χ1) is 9.49. The van der Waals surface area contributed by atoms with E-state index in [1.54, 1.807) is 0 Å². The van der Waals surface area contributed by atoms with Gasteiger partial charge in [0.2, 0.25) is 5.91 Å². The van der Waals surface area contributed by atoms with Crippen LogP contribution in [0, 0.1) is 5.92 Å². The zero-order valence-electron chi connectivity index (χ0n) is 11.6. The fourth-order valence-electron chi connectivity index (χ4n) is 2.44. The monoisotopic (exact) mass is 285 g/mol. The predicted molar refractivity (Wildman–Crippen MR) is 73.0 cm³/mol. The maximum absolute atomic E-state index is 11.6. The molecule has 114 valence electrons. The summed E-state index contributed by atoms with van der Waals surface area (Å²) in [6.45, 7) is 0.540. The number of urea groups is 1. The Hall–Kier alpha value is -1.79. The Morgan fingerprint density at radius 1 is 1.25 bits per heavy atom. The molecule has 0 aromatic rings. The minimum absolute atomic E-state index is 0.000706. The molecule has 0 aliphatic heterocycles. The van der Waals surface area contributed by atoms with E-state index in [2.05, 4.69) is 10.6 Å². The Balaban J connectivity index is 2.22. The highest BCUT2D eigenvalue weighted by Crippen LogP contribution is 2.26. The van der Waals surface area contributed by atoms with Gasteiger partial charge in [0, 0.05) is 13.0 Å². The quantitative estimate of drug-likeness (QED) is 0.521. The van der Waals surface area contributed by atoms with Gasteiger partial charge in [0.05, 0.1) is 0 Å². The lowest BCUT2D eigenvalue weighted by Crippen LogP contribution is -2.46. The van der Waals surface area contributed by atoms with Gasteiger partial charge in [-0.2, -0.15) is 0 Å². The van der Waals surface area contributed by atoms with Crippen molar-refractivity contribution >= 4 is 17.9 Å². The Labute approximate surface area is 118 Å². The van der Waals surface area contributed by atoms with Crippen LogP contribution in [0.1, 0.15) is 44.9 Å². The number of nitrogens with two attached hydrogens (primary N) is 1. The van der Waals surface area contributed by atoms with Crippen molar-refractivity contribution < 1.29 is 19.5 Å². The van der Waals surface area contributed by atoms with Crippen LogP contribution in [0.5, 0.6) is 0 Å². The van der Waals surface area contributed by atoms with Crippen LogP contribution in [0.2, 0.25) is 0 Å². The van der Waals surface area contributed by atoms with Gasteiger partial charge in [0.25, 0.3) is 0 Å². The second-order valence-corrected chi connectivity index (χ2v) is 5.24. The third kappa shape index (κ3) is 6.40. The molecule has 0 unspecified atom stereocenters. The van der Waals surface area contributed by atoms with E-state index in [-0.39, 0.29) is 12.8 Å². The first kappa shape index (κ1) is 16.3. The molecule has 1 rings (SSSR count). The van der Waals surface area contributed by atoms with Crippen molar-refractivity contribution in [2.75, 3.05) is 6.54 Å². The van der Waals surface area contributed by atoms with Crippen molar-refractivity contribution in [1.82, 2.24) is 10.6 Å². The number of aliphatic carboxylic acids is 1. The molecule has 7 heteroatoms. The summed E-state index contributed by atoms with van der Waals surface area (Å²) in [6.07, 6.45) is 5.78. The number of carboxylic acids is 1. The van der Waals surface area contributed by atoms with Crippen LogP contribution in [0.3, 0.4) is 0 Å². The Morgan fingerprint density at radius 2 is 1.90 bits per heavy atom. The first-order valence-electron chi connectivity index (χ1n) is 7.04. The average molecular weight is 285 g/mol. The number of carbonyl (C=O) groups is 3. The van der Waals surface area contributed by atoms with Crippen LogP contribution in [-0.2, 0) is 9.59 Å². The number of carboxylic acid groups (broad SMARTS) is 1. The number of carbonyl (C=O) groups excluding carboxylic acids is 2. The Bertz CT molecular complexity index is 354. The van der Waals surface area contributed by atoms with Crippen molar-refractivity contribution in [1.29, 1.82) is 0 Å². The molecule has 0 saturated heterocycles. The van der Waals surface area contributed by atoms with Crippen molar-refractivity contribution in [2.24, 2.45) is 11.7 Å². The lowest BCUT2D eigenvalue weighted by Gasteiger charge is -2.15. The molecule has 3 amide bonds. The molecule has 1 fully saturated rings. The van der Waals surface area contributed by atoms with Gasteiger partial charge in [-0.25, -0.2) is 9.59 Å². The molecule has 7 nitrogen and oxygen atoms in total. The molecule has 0 radical (unpaired) electrons. The third-order valence-corrected chi connectivity index (χ3v) is 3.60. The minimum Gasteiger partial charge on any atom is -0.480 e. The number of rotatable bonds is 8. The second kappa shape index (κ2) is 8.39. The highest BCUT2D eigenvalue weighted by Gasteiger charge is 2.20. The van der Waals surface area contributed by atoms with Crippen molar-refractivity contribution in [3.8, 4) is 0 Å². The highest BCUT2D eigenvalue weighted by atomic mass is 16.4. The molecule has 1 aliphatic carbocycles. The largest absolute Gasteiger partial charge is 0.480 e. The van der Waals surface area contributed by atoms with Gasteiger partial charge in [-0.15, -0.1) is 0 Å². The maximum atomic E-state index is 11.6. The topological polar surface area (TPSA) is 122 Å². The van der Waals surface area contributed by atoms with Crippen molar-refractivity contribution in [2.45, 2.75) is 51.0 Å². The fourth-order valence-corrected chi connectivity index (χ4v) is 2.44. The molecule has 0 aromatic carbocycles. The second-order valence-electron chi connectivity index (χ2n) is 5.24. The fraction of sp³-hybridized carbons (Fsp3) is 0.769. The molecule has 1 atom stereocenters. The molecule has 20 heavy (non-hydrogen) atoms. The van der Waals surface area contributed by atoms with Crippen LogP contribution in [-0.4, -0.2) is 35.6 Å².